The van der Waals surface area contributed by atoms with Crippen LogP contribution in [0, 0.1) is 0 Å². The average molecular weight is 413 g/mol. The number of fused-ring (bicyclic) bond motifs is 1. The lowest BCUT2D eigenvalue weighted by Gasteiger charge is -2.18. The van der Waals surface area contributed by atoms with Crippen LogP contribution in [0.1, 0.15) is 25.0 Å². The summed E-state index contributed by atoms with van der Waals surface area (Å²) in [7, 11) is 1.61. The highest BCUT2D eigenvalue weighted by Crippen LogP contribution is 2.41. The first-order valence-corrected chi connectivity index (χ1v) is 9.86. The fourth-order valence-electron chi connectivity index (χ4n) is 3.32. The molecule has 1 N–H and O–H groups in total. The number of hydrogen-bond donors (Lipinski definition) is 1. The third kappa shape index (κ3) is 5.65. The standard InChI is InChI=1S/C23H27NO6/c1-23(2)13-17-8-6-10-19(22(17)30-23)28-15-21(26)29-14-20(25)24-12-11-16-7-4-5-9-18(16)27-3/h4-10H,11-15H2,1-3H3,(H,24,25). The summed E-state index contributed by atoms with van der Waals surface area (Å²) in [5.41, 5.74) is 1.73. The maximum atomic E-state index is 11.9. The summed E-state index contributed by atoms with van der Waals surface area (Å²) in [4.78, 5) is 23.9. The monoisotopic (exact) mass is 413 g/mol. The molecule has 0 atom stereocenters. The maximum Gasteiger partial charge on any atom is 0.344 e. The van der Waals surface area contributed by atoms with Crippen molar-refractivity contribution in [1.82, 2.24) is 5.32 Å². The number of amides is 1. The molecule has 30 heavy (non-hydrogen) atoms. The van der Waals surface area contributed by atoms with Gasteiger partial charge in [-0.25, -0.2) is 4.79 Å². The molecule has 0 fully saturated rings. The molecule has 0 unspecified atom stereocenters. The zero-order valence-corrected chi connectivity index (χ0v) is 17.5. The van der Waals surface area contributed by atoms with Gasteiger partial charge >= 0.3 is 5.97 Å². The van der Waals surface area contributed by atoms with Crippen LogP contribution in [-0.2, 0) is 27.2 Å². The van der Waals surface area contributed by atoms with Gasteiger partial charge in [-0.3, -0.25) is 4.79 Å². The molecule has 7 heteroatoms. The van der Waals surface area contributed by atoms with Crippen LogP contribution in [0.3, 0.4) is 0 Å². The molecular formula is C23H27NO6. The van der Waals surface area contributed by atoms with Crippen molar-refractivity contribution < 1.29 is 28.5 Å². The Kier molecular flexibility index (Phi) is 6.82. The summed E-state index contributed by atoms with van der Waals surface area (Å²) >= 11 is 0. The molecular weight excluding hydrogens is 386 g/mol. The van der Waals surface area contributed by atoms with E-state index in [-0.39, 0.29) is 24.7 Å². The lowest BCUT2D eigenvalue weighted by atomic mass is 10.0. The normalized spacial score (nSPS) is 13.7. The van der Waals surface area contributed by atoms with Crippen LogP contribution < -0.4 is 19.5 Å². The molecule has 7 nitrogen and oxygen atoms in total. The summed E-state index contributed by atoms with van der Waals surface area (Å²) in [6.07, 6.45) is 1.39. The SMILES string of the molecule is COc1ccccc1CCNC(=O)COC(=O)COc1cccc2c1OC(C)(C)C2. The van der Waals surface area contributed by atoms with E-state index in [4.69, 9.17) is 18.9 Å². The predicted octanol–water partition coefficient (Wildman–Crippen LogP) is 2.69. The number of carbonyl (C=O) groups excluding carboxylic acids is 2. The van der Waals surface area contributed by atoms with Crippen LogP contribution in [0.15, 0.2) is 42.5 Å². The number of benzene rings is 2. The minimum absolute atomic E-state index is 0.297. The van der Waals surface area contributed by atoms with Gasteiger partial charge in [0.1, 0.15) is 11.4 Å². The Bertz CT molecular complexity index is 908. The van der Waals surface area contributed by atoms with E-state index in [1.807, 2.05) is 50.2 Å². The van der Waals surface area contributed by atoms with E-state index >= 15 is 0 Å². The van der Waals surface area contributed by atoms with Gasteiger partial charge in [0.15, 0.2) is 24.7 Å². The zero-order valence-electron chi connectivity index (χ0n) is 17.5. The molecule has 1 aliphatic rings. The van der Waals surface area contributed by atoms with Crippen molar-refractivity contribution >= 4 is 11.9 Å². The lowest BCUT2D eigenvalue weighted by molar-refractivity contribution is -0.150. The van der Waals surface area contributed by atoms with Gasteiger partial charge in [0.2, 0.25) is 0 Å². The van der Waals surface area contributed by atoms with Crippen LogP contribution in [0.25, 0.3) is 0 Å². The zero-order chi connectivity index (χ0) is 21.6. The van der Waals surface area contributed by atoms with Crippen LogP contribution >= 0.6 is 0 Å². The number of carbonyl (C=O) groups is 2. The van der Waals surface area contributed by atoms with Crippen molar-refractivity contribution in [2.45, 2.75) is 32.3 Å². The summed E-state index contributed by atoms with van der Waals surface area (Å²) in [6, 6.07) is 13.2. The molecule has 0 aliphatic carbocycles. The number of methoxy groups -OCH3 is 1. The summed E-state index contributed by atoms with van der Waals surface area (Å²) < 4.78 is 21.7. The van der Waals surface area contributed by atoms with Gasteiger partial charge in [-0.05, 0) is 38.0 Å². The fourth-order valence-corrected chi connectivity index (χ4v) is 3.32. The van der Waals surface area contributed by atoms with E-state index < -0.39 is 5.97 Å². The molecule has 0 saturated carbocycles. The largest absolute Gasteiger partial charge is 0.496 e. The smallest absolute Gasteiger partial charge is 0.344 e. The second-order valence-electron chi connectivity index (χ2n) is 7.64. The number of nitrogens with one attached hydrogen (secondary N) is 1. The molecule has 0 spiro atoms. The molecule has 1 aliphatic heterocycles. The van der Waals surface area contributed by atoms with Crippen LogP contribution in [-0.4, -0.2) is 44.3 Å². The predicted molar refractivity (Wildman–Crippen MR) is 111 cm³/mol. The molecule has 2 aromatic carbocycles. The Morgan fingerprint density at radius 1 is 1.07 bits per heavy atom. The number of para-hydroxylation sites is 2. The second-order valence-corrected chi connectivity index (χ2v) is 7.64. The van der Waals surface area contributed by atoms with Crippen molar-refractivity contribution in [3.05, 3.63) is 53.6 Å². The molecule has 2 aromatic rings. The highest BCUT2D eigenvalue weighted by atomic mass is 16.6. The molecule has 1 heterocycles. The minimum Gasteiger partial charge on any atom is -0.496 e. The third-order valence-corrected chi connectivity index (χ3v) is 4.67. The number of rotatable bonds is 9. The van der Waals surface area contributed by atoms with E-state index in [0.717, 1.165) is 23.3 Å². The van der Waals surface area contributed by atoms with Crippen molar-refractivity contribution in [3.63, 3.8) is 0 Å². The van der Waals surface area contributed by atoms with Gasteiger partial charge in [0, 0.05) is 18.5 Å². The van der Waals surface area contributed by atoms with Crippen molar-refractivity contribution in [2.75, 3.05) is 26.9 Å². The first-order chi connectivity index (χ1) is 14.4. The Morgan fingerprint density at radius 2 is 1.83 bits per heavy atom. The van der Waals surface area contributed by atoms with Crippen molar-refractivity contribution in [2.24, 2.45) is 0 Å². The molecule has 1 amide bonds. The molecule has 160 valence electrons. The van der Waals surface area contributed by atoms with Gasteiger partial charge < -0.3 is 24.3 Å². The van der Waals surface area contributed by atoms with Gasteiger partial charge in [0.25, 0.3) is 5.91 Å². The Morgan fingerprint density at radius 3 is 2.63 bits per heavy atom. The van der Waals surface area contributed by atoms with E-state index in [1.165, 1.54) is 0 Å². The Labute approximate surface area is 176 Å². The maximum absolute atomic E-state index is 11.9. The van der Waals surface area contributed by atoms with E-state index in [0.29, 0.717) is 24.5 Å². The quantitative estimate of drug-likeness (QED) is 0.637. The Balaban J connectivity index is 1.38. The molecule has 3 rings (SSSR count). The number of esters is 1. The van der Waals surface area contributed by atoms with Crippen LogP contribution in [0.5, 0.6) is 17.2 Å². The first kappa shape index (κ1) is 21.5. The average Bonchev–Trinajstić information content (AvgIpc) is 3.05. The third-order valence-electron chi connectivity index (χ3n) is 4.67. The second kappa shape index (κ2) is 9.52. The van der Waals surface area contributed by atoms with Gasteiger partial charge in [-0.2, -0.15) is 0 Å². The topological polar surface area (TPSA) is 83.1 Å². The summed E-state index contributed by atoms with van der Waals surface area (Å²) in [5.74, 6) is 0.935. The molecule has 0 radical (unpaired) electrons. The first-order valence-electron chi connectivity index (χ1n) is 9.86. The highest BCUT2D eigenvalue weighted by Gasteiger charge is 2.32. The number of ether oxygens (including phenoxy) is 4. The molecule has 0 saturated heterocycles. The summed E-state index contributed by atoms with van der Waals surface area (Å²) in [6.45, 7) is 3.75. The number of hydrogen-bond acceptors (Lipinski definition) is 6. The van der Waals surface area contributed by atoms with E-state index in [1.54, 1.807) is 13.2 Å². The summed E-state index contributed by atoms with van der Waals surface area (Å²) in [5, 5.41) is 2.72. The van der Waals surface area contributed by atoms with Crippen LogP contribution in [0.2, 0.25) is 0 Å². The van der Waals surface area contributed by atoms with Crippen LogP contribution in [0.4, 0.5) is 0 Å². The van der Waals surface area contributed by atoms with Gasteiger partial charge in [-0.1, -0.05) is 30.3 Å². The molecule has 0 aromatic heterocycles. The minimum atomic E-state index is -0.621. The van der Waals surface area contributed by atoms with Gasteiger partial charge in [-0.15, -0.1) is 0 Å². The van der Waals surface area contributed by atoms with Gasteiger partial charge in [0.05, 0.1) is 7.11 Å². The molecule has 0 bridgehead atoms. The van der Waals surface area contributed by atoms with E-state index in [2.05, 4.69) is 5.32 Å². The van der Waals surface area contributed by atoms with Crippen molar-refractivity contribution in [1.29, 1.82) is 0 Å². The van der Waals surface area contributed by atoms with Crippen molar-refractivity contribution in [3.8, 4) is 17.2 Å². The lowest BCUT2D eigenvalue weighted by Crippen LogP contribution is -2.31. The highest BCUT2D eigenvalue weighted by molar-refractivity contribution is 5.80. The fraction of sp³-hybridized carbons (Fsp3) is 0.391. The Hall–Kier alpha value is -3.22. The van der Waals surface area contributed by atoms with E-state index in [9.17, 15) is 9.59 Å².